The molecule has 1 radical (unpaired) electrons. The number of rotatable bonds is 3. The van der Waals surface area contributed by atoms with Gasteiger partial charge in [-0.25, -0.2) is 0 Å². The van der Waals surface area contributed by atoms with E-state index < -0.39 is 5.41 Å². The van der Waals surface area contributed by atoms with E-state index in [9.17, 15) is 0 Å². The van der Waals surface area contributed by atoms with E-state index in [4.69, 9.17) is 15.9 Å². The zero-order chi connectivity index (χ0) is 15.6. The molecule has 0 aromatic heterocycles. The molecule has 0 saturated carbocycles. The molecular weight excluding hydrogens is 317 g/mol. The van der Waals surface area contributed by atoms with Crippen LogP contribution in [0.3, 0.4) is 0 Å². The van der Waals surface area contributed by atoms with E-state index in [0.29, 0.717) is 10.2 Å². The van der Waals surface area contributed by atoms with Gasteiger partial charge in [-0.15, -0.1) is 0 Å². The Balaban J connectivity index is 0.000000441. The number of quaternary nitrogens is 1. The standard InChI is InChI=1S/C8H4N4Se.C6H15N/c9-2-6-1-8(3-10,4-11)5-12-7(6)13;1-4-7(5-2)6-3/h1,5H2;4-6H2,1-3H3/q-1;/p+1. The number of nitrogens with one attached hydrogen (secondary N) is 1. The van der Waals surface area contributed by atoms with Gasteiger partial charge in [-0.2, -0.15) is 0 Å². The van der Waals surface area contributed by atoms with Crippen LogP contribution in [0, 0.1) is 28.1 Å². The third-order valence-corrected chi connectivity index (χ3v) is 4.08. The second-order valence-electron chi connectivity index (χ2n) is 4.50. The van der Waals surface area contributed by atoms with Gasteiger partial charge >= 0.3 is 83.5 Å². The molecule has 20 heavy (non-hydrogen) atoms. The summed E-state index contributed by atoms with van der Waals surface area (Å²) in [5, 5.41) is 26.2. The van der Waals surface area contributed by atoms with E-state index in [1.165, 1.54) is 19.6 Å². The van der Waals surface area contributed by atoms with Crippen LogP contribution in [-0.4, -0.2) is 52.7 Å². The fraction of sp³-hybridized carbons (Fsp3) is 0.643. The molecular formula is C14H20N5Se. The molecule has 107 valence electrons. The van der Waals surface area contributed by atoms with E-state index in [0.717, 1.165) is 0 Å². The molecule has 1 N–H and O–H groups in total. The number of hydrogen-bond donors (Lipinski definition) is 1. The van der Waals surface area contributed by atoms with Crippen LogP contribution in [0.15, 0.2) is 10.6 Å². The van der Waals surface area contributed by atoms with Gasteiger partial charge in [0.25, 0.3) is 0 Å². The van der Waals surface area contributed by atoms with Crippen molar-refractivity contribution in [2.24, 2.45) is 10.4 Å². The predicted octanol–water partition coefficient (Wildman–Crippen LogP) is 0.0872. The summed E-state index contributed by atoms with van der Waals surface area (Å²) in [4.78, 5) is 5.61. The molecule has 5 nitrogen and oxygen atoms in total. The summed E-state index contributed by atoms with van der Waals surface area (Å²) in [5.74, 6) is 1.93. The minimum atomic E-state index is -1.14. The molecule has 0 bridgehead atoms. The van der Waals surface area contributed by atoms with Crippen molar-refractivity contribution in [2.45, 2.75) is 27.2 Å². The monoisotopic (exact) mass is 338 g/mol. The van der Waals surface area contributed by atoms with Gasteiger partial charge in [0.1, 0.15) is 0 Å². The second kappa shape index (κ2) is 9.48. The zero-order valence-corrected chi connectivity index (χ0v) is 13.9. The summed E-state index contributed by atoms with van der Waals surface area (Å²) in [6, 6.07) is 3.80. The number of nitrogens with zero attached hydrogens (tertiary/aromatic N) is 4. The van der Waals surface area contributed by atoms with Crippen molar-refractivity contribution >= 4 is 26.5 Å². The Morgan fingerprint density at radius 3 is 2.05 bits per heavy atom. The van der Waals surface area contributed by atoms with Gasteiger partial charge in [-0.3, -0.25) is 0 Å². The van der Waals surface area contributed by atoms with Crippen molar-refractivity contribution < 1.29 is 4.90 Å². The molecule has 0 aliphatic carbocycles. The molecule has 0 spiro atoms. The van der Waals surface area contributed by atoms with Gasteiger partial charge in [0.2, 0.25) is 0 Å². The minimum absolute atomic E-state index is 0.146. The van der Waals surface area contributed by atoms with Crippen LogP contribution in [0.5, 0.6) is 0 Å². The fourth-order valence-electron chi connectivity index (χ4n) is 1.75. The summed E-state index contributed by atoms with van der Waals surface area (Å²) in [6.07, 6.45) is 0.169. The second-order valence-corrected chi connectivity index (χ2v) is 5.32. The number of nitriles is 2. The fourth-order valence-corrected chi connectivity index (χ4v) is 2.13. The average Bonchev–Trinajstić information content (AvgIpc) is 2.51. The summed E-state index contributed by atoms with van der Waals surface area (Å²) in [5.41, 5.74) is -0.757. The van der Waals surface area contributed by atoms with Crippen LogP contribution in [-0.2, 0) is 0 Å². The van der Waals surface area contributed by atoms with Crippen LogP contribution < -0.4 is 4.90 Å². The van der Waals surface area contributed by atoms with Gasteiger partial charge in [-0.1, -0.05) is 0 Å². The Labute approximate surface area is 129 Å². The summed E-state index contributed by atoms with van der Waals surface area (Å²) in [6.45, 7) is 10.6. The third kappa shape index (κ3) is 5.29. The molecule has 1 rings (SSSR count). The first kappa shape index (κ1) is 18.6. The maximum absolute atomic E-state index is 8.77. The quantitative estimate of drug-likeness (QED) is 0.584. The first-order chi connectivity index (χ1) is 9.52. The van der Waals surface area contributed by atoms with Gasteiger partial charge in [0, 0.05) is 0 Å². The van der Waals surface area contributed by atoms with E-state index in [1.54, 1.807) is 4.90 Å². The Morgan fingerprint density at radius 2 is 1.75 bits per heavy atom. The van der Waals surface area contributed by atoms with E-state index in [1.807, 2.05) is 18.0 Å². The molecule has 0 fully saturated rings. The molecule has 6 heteroatoms. The average molecular weight is 337 g/mol. The summed E-state index contributed by atoms with van der Waals surface area (Å²) < 4.78 is 0.517. The van der Waals surface area contributed by atoms with Crippen LogP contribution in [0.2, 0.25) is 0 Å². The molecule has 0 atom stereocenters. The Hall–Kier alpha value is -1.42. The van der Waals surface area contributed by atoms with Crippen LogP contribution in [0.1, 0.15) is 27.2 Å². The van der Waals surface area contributed by atoms with E-state index >= 15 is 0 Å². The normalized spacial score (nSPS) is 16.1. The predicted molar refractivity (Wildman–Crippen MR) is 80.8 cm³/mol. The zero-order valence-electron chi connectivity index (χ0n) is 12.2. The van der Waals surface area contributed by atoms with Crippen molar-refractivity contribution in [2.75, 3.05) is 26.2 Å². The SMILES string of the molecule is CC[NH+](CC)CC.N#CC1(C#N)CN=C([Se])C(=C=[N-])C1. The van der Waals surface area contributed by atoms with Gasteiger partial charge in [0.15, 0.2) is 0 Å². The molecule has 1 heterocycles. The van der Waals surface area contributed by atoms with Crippen LogP contribution in [0.25, 0.3) is 5.41 Å². The van der Waals surface area contributed by atoms with Crippen LogP contribution >= 0.6 is 0 Å². The summed E-state index contributed by atoms with van der Waals surface area (Å²) >= 11 is 2.64. The van der Waals surface area contributed by atoms with Crippen molar-refractivity contribution in [3.8, 4) is 12.1 Å². The number of allylic oxidation sites excluding steroid dienone is 1. The molecule has 0 saturated heterocycles. The van der Waals surface area contributed by atoms with E-state index in [2.05, 4.69) is 41.8 Å². The Kier molecular flexibility index (Phi) is 8.80. The molecule has 0 aromatic carbocycles. The maximum atomic E-state index is 8.77. The van der Waals surface area contributed by atoms with E-state index in [-0.39, 0.29) is 13.0 Å². The van der Waals surface area contributed by atoms with Gasteiger partial charge < -0.3 is 4.90 Å². The molecule has 0 aromatic rings. The Morgan fingerprint density at radius 1 is 1.25 bits per heavy atom. The number of hydrogen-bond acceptors (Lipinski definition) is 3. The third-order valence-electron chi connectivity index (χ3n) is 3.29. The van der Waals surface area contributed by atoms with Gasteiger partial charge in [-0.05, 0) is 20.8 Å². The molecule has 0 unspecified atom stereocenters. The van der Waals surface area contributed by atoms with Crippen molar-refractivity contribution in [3.63, 3.8) is 0 Å². The molecule has 1 aliphatic rings. The van der Waals surface area contributed by atoms with Crippen molar-refractivity contribution in [3.05, 3.63) is 11.0 Å². The number of aliphatic imine (C=N–C) groups is 1. The Bertz CT molecular complexity index is 453. The topological polar surface area (TPSA) is 86.7 Å². The first-order valence-corrected chi connectivity index (χ1v) is 7.51. The van der Waals surface area contributed by atoms with Crippen molar-refractivity contribution in [1.82, 2.24) is 0 Å². The first-order valence-electron chi connectivity index (χ1n) is 6.66. The molecule has 0 amide bonds. The molecule has 1 aliphatic heterocycles. The van der Waals surface area contributed by atoms with Gasteiger partial charge in [0.05, 0.1) is 19.6 Å². The summed E-state index contributed by atoms with van der Waals surface area (Å²) in [7, 11) is 0. The van der Waals surface area contributed by atoms with Crippen molar-refractivity contribution in [1.29, 1.82) is 10.5 Å². The van der Waals surface area contributed by atoms with Crippen LogP contribution in [0.4, 0.5) is 0 Å².